The normalized spacial score (nSPS) is 16.5. The Balaban J connectivity index is 1.27. The monoisotopic (exact) mass is 497 g/mol. The second-order valence-electron chi connectivity index (χ2n) is 8.41. The fraction of sp³-hybridized carbons (Fsp3) is 0.250. The number of aryl methyl sites for hydroxylation is 1. The number of H-pyrrole nitrogens is 1. The summed E-state index contributed by atoms with van der Waals surface area (Å²) in [7, 11) is -3.23. The number of benzene rings is 2. The van der Waals surface area contributed by atoms with Crippen LogP contribution >= 0.6 is 0 Å². The molecule has 182 valence electrons. The van der Waals surface area contributed by atoms with Gasteiger partial charge < -0.3 is 19.8 Å². The summed E-state index contributed by atoms with van der Waals surface area (Å²) in [6, 6.07) is 13.8. The van der Waals surface area contributed by atoms with Crippen molar-refractivity contribution in [3.05, 3.63) is 66.2 Å². The third-order valence-electron chi connectivity index (χ3n) is 5.65. The lowest BCUT2D eigenvalue weighted by Gasteiger charge is -2.16. The van der Waals surface area contributed by atoms with Crippen LogP contribution in [-0.4, -0.2) is 53.1 Å². The lowest BCUT2D eigenvalue weighted by atomic mass is 10.2. The molecule has 4 aromatic rings. The molecule has 0 aliphatic carbocycles. The first-order valence-corrected chi connectivity index (χ1v) is 12.9. The molecule has 1 aliphatic rings. The number of nitrogens with zero attached hydrogens (tertiary/aromatic N) is 3. The Morgan fingerprint density at radius 2 is 2.06 bits per heavy atom. The number of aromatic nitrogens is 3. The van der Waals surface area contributed by atoms with Crippen LogP contribution in [0.4, 0.5) is 16.0 Å². The van der Waals surface area contributed by atoms with Gasteiger partial charge in [0.15, 0.2) is 11.6 Å². The molecule has 5 rings (SSSR count). The van der Waals surface area contributed by atoms with Crippen molar-refractivity contribution in [2.75, 3.05) is 24.7 Å². The molecule has 0 amide bonds. The number of rotatable bonds is 7. The Labute approximate surface area is 202 Å². The maximum absolute atomic E-state index is 14.9. The van der Waals surface area contributed by atoms with Crippen LogP contribution in [-0.2, 0) is 10.0 Å². The van der Waals surface area contributed by atoms with Crippen molar-refractivity contribution in [3.8, 4) is 17.4 Å². The van der Waals surface area contributed by atoms with E-state index in [1.165, 1.54) is 16.8 Å². The van der Waals surface area contributed by atoms with E-state index in [2.05, 4.69) is 20.3 Å². The van der Waals surface area contributed by atoms with Gasteiger partial charge in [0, 0.05) is 47.2 Å². The molecule has 3 heterocycles. The number of hydrogen-bond acceptors (Lipinski definition) is 7. The second-order valence-corrected chi connectivity index (χ2v) is 10.4. The molecule has 2 aromatic carbocycles. The first kappa shape index (κ1) is 23.1. The van der Waals surface area contributed by atoms with E-state index in [9.17, 15) is 12.8 Å². The van der Waals surface area contributed by atoms with Crippen LogP contribution in [0.2, 0.25) is 0 Å². The predicted molar refractivity (Wildman–Crippen MR) is 130 cm³/mol. The fourth-order valence-electron chi connectivity index (χ4n) is 4.00. The molecule has 35 heavy (non-hydrogen) atoms. The van der Waals surface area contributed by atoms with Gasteiger partial charge in [-0.3, -0.25) is 0 Å². The minimum atomic E-state index is -3.23. The first-order chi connectivity index (χ1) is 16.7. The van der Waals surface area contributed by atoms with Gasteiger partial charge >= 0.3 is 0 Å². The smallest absolute Gasteiger partial charge is 0.230 e. The molecule has 0 saturated carbocycles. The van der Waals surface area contributed by atoms with Crippen molar-refractivity contribution in [1.82, 2.24) is 19.3 Å². The van der Waals surface area contributed by atoms with Crippen LogP contribution in [0.3, 0.4) is 0 Å². The van der Waals surface area contributed by atoms with Crippen molar-refractivity contribution in [1.29, 1.82) is 0 Å². The highest BCUT2D eigenvalue weighted by atomic mass is 32.2. The van der Waals surface area contributed by atoms with Crippen LogP contribution in [0.25, 0.3) is 10.9 Å². The van der Waals surface area contributed by atoms with Gasteiger partial charge in [-0.1, -0.05) is 6.07 Å². The molecule has 1 atom stereocenters. The Hall–Kier alpha value is -3.70. The molecule has 2 N–H and O–H groups in total. The Kier molecular flexibility index (Phi) is 6.03. The lowest BCUT2D eigenvalue weighted by Crippen LogP contribution is -2.29. The van der Waals surface area contributed by atoms with Gasteiger partial charge in [0.2, 0.25) is 21.9 Å². The average Bonchev–Trinajstić information content (AvgIpc) is 3.43. The van der Waals surface area contributed by atoms with E-state index < -0.39 is 15.8 Å². The maximum Gasteiger partial charge on any atom is 0.230 e. The molecule has 11 heteroatoms. The van der Waals surface area contributed by atoms with Crippen molar-refractivity contribution >= 4 is 32.6 Å². The molecule has 0 spiro atoms. The zero-order valence-electron chi connectivity index (χ0n) is 19.2. The zero-order chi connectivity index (χ0) is 24.6. The average molecular weight is 498 g/mol. The minimum Gasteiger partial charge on any atom is -0.489 e. The number of hydrogen-bond donors (Lipinski definition) is 2. The van der Waals surface area contributed by atoms with E-state index >= 15 is 0 Å². The Morgan fingerprint density at radius 1 is 1.20 bits per heavy atom. The molecule has 1 aliphatic heterocycles. The largest absolute Gasteiger partial charge is 0.489 e. The quantitative estimate of drug-likeness (QED) is 0.391. The van der Waals surface area contributed by atoms with Crippen LogP contribution in [0, 0.1) is 12.7 Å². The molecular weight excluding hydrogens is 473 g/mol. The molecule has 1 fully saturated rings. The summed E-state index contributed by atoms with van der Waals surface area (Å²) in [4.78, 5) is 11.6. The van der Waals surface area contributed by atoms with Gasteiger partial charge in [0.1, 0.15) is 11.9 Å². The third kappa shape index (κ3) is 5.20. The maximum atomic E-state index is 14.9. The summed E-state index contributed by atoms with van der Waals surface area (Å²) in [5.74, 6) is 0.650. The fourth-order valence-corrected chi connectivity index (χ4v) is 4.88. The van der Waals surface area contributed by atoms with Crippen LogP contribution < -0.4 is 14.8 Å². The lowest BCUT2D eigenvalue weighted by molar-refractivity contribution is 0.216. The van der Waals surface area contributed by atoms with Crippen molar-refractivity contribution in [2.24, 2.45) is 0 Å². The SMILES string of the molecule is Cc1cc2c(F)c(Oc3ccnc(Nc4cccc(O[C@H]5CCN(S(C)(=O)=O)C5)c4)n3)ccc2[nH]1. The van der Waals surface area contributed by atoms with E-state index in [0.29, 0.717) is 41.9 Å². The molecule has 9 nitrogen and oxygen atoms in total. The van der Waals surface area contributed by atoms with Crippen molar-refractivity contribution in [2.45, 2.75) is 19.4 Å². The number of ether oxygens (including phenoxy) is 2. The van der Waals surface area contributed by atoms with Crippen molar-refractivity contribution in [3.63, 3.8) is 0 Å². The number of aromatic amines is 1. The molecule has 2 aromatic heterocycles. The minimum absolute atomic E-state index is 0.0660. The zero-order valence-corrected chi connectivity index (χ0v) is 20.0. The summed E-state index contributed by atoms with van der Waals surface area (Å²) < 4.78 is 51.4. The van der Waals surface area contributed by atoms with Crippen LogP contribution in [0.5, 0.6) is 17.4 Å². The van der Waals surface area contributed by atoms with Gasteiger partial charge in [-0.25, -0.2) is 17.8 Å². The highest BCUT2D eigenvalue weighted by molar-refractivity contribution is 7.88. The van der Waals surface area contributed by atoms with E-state index in [-0.39, 0.29) is 23.7 Å². The van der Waals surface area contributed by atoms with Crippen molar-refractivity contribution < 1.29 is 22.3 Å². The van der Waals surface area contributed by atoms with E-state index in [4.69, 9.17) is 9.47 Å². The summed E-state index contributed by atoms with van der Waals surface area (Å²) in [6.07, 6.45) is 3.12. The molecular formula is C24H24FN5O4S. The number of nitrogens with one attached hydrogen (secondary N) is 2. The second kappa shape index (κ2) is 9.16. The molecule has 0 bridgehead atoms. The summed E-state index contributed by atoms with van der Waals surface area (Å²) >= 11 is 0. The van der Waals surface area contributed by atoms with E-state index in [0.717, 1.165) is 5.69 Å². The van der Waals surface area contributed by atoms with Gasteiger partial charge in [0.25, 0.3) is 0 Å². The summed E-state index contributed by atoms with van der Waals surface area (Å²) in [5.41, 5.74) is 2.23. The number of sulfonamides is 1. The molecule has 1 saturated heterocycles. The predicted octanol–water partition coefficient (Wildman–Crippen LogP) is 4.35. The Morgan fingerprint density at radius 3 is 2.86 bits per heavy atom. The van der Waals surface area contributed by atoms with Crippen LogP contribution in [0.1, 0.15) is 12.1 Å². The highest BCUT2D eigenvalue weighted by Gasteiger charge is 2.29. The third-order valence-corrected chi connectivity index (χ3v) is 6.92. The highest BCUT2D eigenvalue weighted by Crippen LogP contribution is 2.30. The molecule has 0 unspecified atom stereocenters. The van der Waals surface area contributed by atoms with Crippen LogP contribution in [0.15, 0.2) is 54.7 Å². The number of halogens is 1. The van der Waals surface area contributed by atoms with Gasteiger partial charge in [-0.2, -0.15) is 9.29 Å². The molecule has 0 radical (unpaired) electrons. The van der Waals surface area contributed by atoms with E-state index in [1.54, 1.807) is 36.4 Å². The standard InChI is InChI=1S/C24H24FN5O4S/c1-15-12-19-20(27-15)6-7-21(23(19)25)34-22-8-10-26-24(29-22)28-16-4-3-5-17(13-16)33-18-9-11-30(14-18)35(2,31)32/h3-8,10,12-13,18,27H,9,11,14H2,1-2H3,(H,26,28,29)/t18-/m0/s1. The first-order valence-electron chi connectivity index (χ1n) is 11.0. The topological polar surface area (TPSA) is 109 Å². The van der Waals surface area contributed by atoms with E-state index in [1.807, 2.05) is 19.1 Å². The Bertz CT molecular complexity index is 1490. The van der Waals surface area contributed by atoms with Gasteiger partial charge in [-0.15, -0.1) is 0 Å². The number of fused-ring (bicyclic) bond motifs is 1. The summed E-state index contributed by atoms with van der Waals surface area (Å²) in [5, 5.41) is 3.54. The number of anilines is 2. The van der Waals surface area contributed by atoms with Gasteiger partial charge in [0.05, 0.1) is 12.8 Å². The van der Waals surface area contributed by atoms with Gasteiger partial charge in [-0.05, 0) is 43.7 Å². The summed E-state index contributed by atoms with van der Waals surface area (Å²) in [6.45, 7) is 2.63.